The van der Waals surface area contributed by atoms with E-state index < -0.39 is 53.6 Å². The van der Waals surface area contributed by atoms with Crippen LogP contribution in [0, 0.1) is 11.3 Å². The van der Waals surface area contributed by atoms with Gasteiger partial charge in [0.25, 0.3) is 5.91 Å². The molecule has 2 aliphatic rings. The summed E-state index contributed by atoms with van der Waals surface area (Å²) in [6.07, 6.45) is -1.61. The van der Waals surface area contributed by atoms with Crippen LogP contribution in [0.4, 0.5) is 5.69 Å². The van der Waals surface area contributed by atoms with E-state index in [1.165, 1.54) is 30.0 Å². The van der Waals surface area contributed by atoms with Gasteiger partial charge in [-0.25, -0.2) is 4.79 Å². The van der Waals surface area contributed by atoms with Crippen LogP contribution in [0.15, 0.2) is 18.2 Å². The number of cyclic esters (lactones) is 1. The highest BCUT2D eigenvalue weighted by atomic mass is 35.5. The molecule has 2 fully saturated rings. The number of likely N-dealkylation sites (tertiary alicyclic amines) is 1. The molecule has 220 valence electrons. The molecule has 2 N–H and O–H groups in total. The lowest BCUT2D eigenvalue weighted by Crippen LogP contribution is -2.57. The number of halogens is 1. The fraction of sp³-hybridized carbons (Fsp3) is 0.607. The van der Waals surface area contributed by atoms with Crippen LogP contribution in [0.2, 0.25) is 5.02 Å². The lowest BCUT2D eigenvalue weighted by molar-refractivity contribution is -0.165. The minimum atomic E-state index is -1.23. The number of amides is 3. The fourth-order valence-electron chi connectivity index (χ4n) is 5.17. The maximum absolute atomic E-state index is 14.0. The van der Waals surface area contributed by atoms with Crippen molar-refractivity contribution in [3.05, 3.63) is 28.8 Å². The first-order chi connectivity index (χ1) is 18.6. The molecule has 5 unspecified atom stereocenters. The number of hydrogen-bond donors (Lipinski definition) is 2. The lowest BCUT2D eigenvalue weighted by atomic mass is 9.87. The minimum Gasteiger partial charge on any atom is -0.448 e. The summed E-state index contributed by atoms with van der Waals surface area (Å²) in [5.74, 6) is -2.73. The third kappa shape index (κ3) is 7.11. The monoisotopic (exact) mass is 579 g/mol. The molecular weight excluding hydrogens is 542 g/mol. The zero-order chi connectivity index (χ0) is 29.9. The van der Waals surface area contributed by atoms with E-state index in [0.717, 1.165) is 0 Å². The van der Waals surface area contributed by atoms with Crippen LogP contribution in [-0.4, -0.2) is 71.7 Å². The van der Waals surface area contributed by atoms with Crippen molar-refractivity contribution in [2.75, 3.05) is 11.9 Å². The number of rotatable bonds is 8. The van der Waals surface area contributed by atoms with Gasteiger partial charge in [-0.3, -0.25) is 19.2 Å². The Morgan fingerprint density at radius 1 is 1.20 bits per heavy atom. The predicted molar refractivity (Wildman–Crippen MR) is 146 cm³/mol. The van der Waals surface area contributed by atoms with Crippen molar-refractivity contribution < 1.29 is 38.2 Å². The number of carbonyl (C=O) groups is 5. The summed E-state index contributed by atoms with van der Waals surface area (Å²) < 4.78 is 16.4. The van der Waals surface area contributed by atoms with E-state index in [9.17, 15) is 24.0 Å². The quantitative estimate of drug-likeness (QED) is 0.447. The average Bonchev–Trinajstić information content (AvgIpc) is 3.32. The maximum Gasteiger partial charge on any atom is 0.340 e. The van der Waals surface area contributed by atoms with E-state index in [1.54, 1.807) is 27.7 Å². The van der Waals surface area contributed by atoms with E-state index in [1.807, 2.05) is 13.8 Å². The smallest absolute Gasteiger partial charge is 0.340 e. The highest BCUT2D eigenvalue weighted by Crippen LogP contribution is 2.35. The molecule has 2 aliphatic heterocycles. The number of esters is 2. The maximum atomic E-state index is 14.0. The number of carbonyl (C=O) groups excluding carboxylic acids is 5. The third-order valence-corrected chi connectivity index (χ3v) is 7.23. The largest absolute Gasteiger partial charge is 0.448 e. The molecule has 6 atom stereocenters. The third-order valence-electron chi connectivity index (χ3n) is 6.92. The molecule has 2 heterocycles. The van der Waals surface area contributed by atoms with E-state index in [2.05, 4.69) is 10.6 Å². The normalized spacial score (nSPS) is 25.2. The summed E-state index contributed by atoms with van der Waals surface area (Å²) in [6.45, 7) is 12.4. The van der Waals surface area contributed by atoms with E-state index in [-0.39, 0.29) is 34.9 Å². The highest BCUT2D eigenvalue weighted by molar-refractivity contribution is 6.34. The van der Waals surface area contributed by atoms with Crippen molar-refractivity contribution >= 4 is 46.9 Å². The molecule has 3 rings (SSSR count). The van der Waals surface area contributed by atoms with Gasteiger partial charge in [0.2, 0.25) is 18.1 Å². The molecule has 0 radical (unpaired) electrons. The Morgan fingerprint density at radius 2 is 1.88 bits per heavy atom. The summed E-state index contributed by atoms with van der Waals surface area (Å²) in [5, 5.41) is 5.47. The SMILES string of the molecule is CCOC1OC(=O)CC1NC(=O)C1[C@@H](C)CC(C)N1C(=O)C(OC(=O)c1ccc(NC(C)=O)cc1Cl)C(C)(C)C. The van der Waals surface area contributed by atoms with Crippen LogP contribution in [0.1, 0.15) is 71.7 Å². The molecule has 12 heteroatoms. The van der Waals surface area contributed by atoms with Gasteiger partial charge in [0, 0.05) is 30.7 Å². The zero-order valence-corrected chi connectivity index (χ0v) is 24.7. The molecule has 0 aliphatic carbocycles. The molecule has 0 saturated carbocycles. The molecular formula is C28H38ClN3O8. The van der Waals surface area contributed by atoms with Gasteiger partial charge >= 0.3 is 11.9 Å². The second-order valence-corrected chi connectivity index (χ2v) is 11.8. The molecule has 2 saturated heterocycles. The second kappa shape index (κ2) is 12.6. The first-order valence-corrected chi connectivity index (χ1v) is 13.7. The van der Waals surface area contributed by atoms with Crippen LogP contribution in [0.5, 0.6) is 0 Å². The van der Waals surface area contributed by atoms with Crippen molar-refractivity contribution in [3.63, 3.8) is 0 Å². The number of nitrogens with one attached hydrogen (secondary N) is 2. The summed E-state index contributed by atoms with van der Waals surface area (Å²) >= 11 is 6.30. The molecule has 40 heavy (non-hydrogen) atoms. The van der Waals surface area contributed by atoms with Crippen LogP contribution in [0.25, 0.3) is 0 Å². The lowest BCUT2D eigenvalue weighted by Gasteiger charge is -2.37. The van der Waals surface area contributed by atoms with Gasteiger partial charge in [-0.1, -0.05) is 39.3 Å². The first-order valence-electron chi connectivity index (χ1n) is 13.4. The molecule has 0 bridgehead atoms. The number of hydrogen-bond acceptors (Lipinski definition) is 8. The molecule has 3 amide bonds. The first kappa shape index (κ1) is 31.3. The van der Waals surface area contributed by atoms with Crippen LogP contribution >= 0.6 is 11.6 Å². The average molecular weight is 580 g/mol. The predicted octanol–water partition coefficient (Wildman–Crippen LogP) is 3.29. The van der Waals surface area contributed by atoms with Gasteiger partial charge in [-0.2, -0.15) is 0 Å². The Kier molecular flexibility index (Phi) is 9.84. The number of nitrogens with zero attached hydrogens (tertiary/aromatic N) is 1. The van der Waals surface area contributed by atoms with Crippen molar-refractivity contribution in [2.45, 2.75) is 91.8 Å². The summed E-state index contributed by atoms with van der Waals surface area (Å²) in [6, 6.07) is 2.49. The van der Waals surface area contributed by atoms with Crippen LogP contribution in [0.3, 0.4) is 0 Å². The molecule has 11 nitrogen and oxygen atoms in total. The van der Waals surface area contributed by atoms with Gasteiger partial charge in [-0.15, -0.1) is 0 Å². The van der Waals surface area contributed by atoms with E-state index in [4.69, 9.17) is 25.8 Å². The van der Waals surface area contributed by atoms with Gasteiger partial charge in [0.05, 0.1) is 17.0 Å². The Bertz CT molecular complexity index is 1170. The van der Waals surface area contributed by atoms with Crippen molar-refractivity contribution in [1.29, 1.82) is 0 Å². The van der Waals surface area contributed by atoms with Crippen molar-refractivity contribution in [3.8, 4) is 0 Å². The van der Waals surface area contributed by atoms with Gasteiger partial charge < -0.3 is 29.7 Å². The number of ether oxygens (including phenoxy) is 3. The summed E-state index contributed by atoms with van der Waals surface area (Å²) in [5.41, 5.74) is -0.386. The standard InChI is InChI=1S/C28H38ClN3O8/c1-8-38-27-20(13-21(34)39-27)31-24(35)22-14(2)11-15(3)32(22)25(36)23(28(5,6)7)40-26(37)18-10-9-17(12-19(18)29)30-16(4)33/h9-10,12,14-15,20,22-23,27H,8,11,13H2,1-7H3,(H,30,33)(H,31,35)/t14-,15?,20?,22?,23?,27?/m0/s1. The number of anilines is 1. The Balaban J connectivity index is 1.83. The van der Waals surface area contributed by atoms with Gasteiger partial charge in [0.15, 0.2) is 6.10 Å². The Labute approximate surface area is 239 Å². The van der Waals surface area contributed by atoms with Crippen molar-refractivity contribution in [2.24, 2.45) is 11.3 Å². The van der Waals surface area contributed by atoms with Crippen LogP contribution in [-0.2, 0) is 33.4 Å². The number of benzene rings is 1. The summed E-state index contributed by atoms with van der Waals surface area (Å²) in [7, 11) is 0. The zero-order valence-electron chi connectivity index (χ0n) is 23.9. The second-order valence-electron chi connectivity index (χ2n) is 11.4. The van der Waals surface area contributed by atoms with Gasteiger partial charge in [0.1, 0.15) is 12.1 Å². The van der Waals surface area contributed by atoms with E-state index in [0.29, 0.717) is 18.7 Å². The molecule has 1 aromatic carbocycles. The molecule has 0 aromatic heterocycles. The Morgan fingerprint density at radius 3 is 2.45 bits per heavy atom. The van der Waals surface area contributed by atoms with E-state index >= 15 is 0 Å². The van der Waals surface area contributed by atoms with Crippen LogP contribution < -0.4 is 10.6 Å². The van der Waals surface area contributed by atoms with Crippen molar-refractivity contribution in [1.82, 2.24) is 10.2 Å². The van der Waals surface area contributed by atoms with Gasteiger partial charge in [-0.05, 0) is 44.4 Å². The topological polar surface area (TPSA) is 140 Å². The minimum absolute atomic E-state index is 0.0304. The highest BCUT2D eigenvalue weighted by Gasteiger charge is 2.50. The Hall–Kier alpha value is -3.18. The summed E-state index contributed by atoms with van der Waals surface area (Å²) in [4.78, 5) is 65.4. The molecule has 0 spiro atoms. The fourth-order valence-corrected chi connectivity index (χ4v) is 5.43. The molecule has 1 aromatic rings.